The molecule has 2 aliphatic rings. The quantitative estimate of drug-likeness (QED) is 0.912. The van der Waals surface area contributed by atoms with E-state index in [1.807, 2.05) is 6.07 Å². The van der Waals surface area contributed by atoms with E-state index in [9.17, 15) is 4.79 Å². The van der Waals surface area contributed by atoms with Crippen LogP contribution >= 0.6 is 0 Å². The molecule has 1 N–H and O–H groups in total. The van der Waals surface area contributed by atoms with Gasteiger partial charge in [0.2, 0.25) is 5.88 Å². The van der Waals surface area contributed by atoms with Crippen molar-refractivity contribution in [3.05, 3.63) is 34.5 Å². The molecule has 1 aliphatic heterocycles. The molecule has 0 spiro atoms. The predicted octanol–water partition coefficient (Wildman–Crippen LogP) is 1.05. The van der Waals surface area contributed by atoms with Gasteiger partial charge < -0.3 is 14.6 Å². The number of amides is 1. The summed E-state index contributed by atoms with van der Waals surface area (Å²) in [6, 6.07) is 1.91. The Morgan fingerprint density at radius 1 is 1.30 bits per heavy atom. The number of aromatic nitrogens is 4. The summed E-state index contributed by atoms with van der Waals surface area (Å²) in [7, 11) is 1.55. The van der Waals surface area contributed by atoms with Crippen LogP contribution in [-0.4, -0.2) is 32.8 Å². The van der Waals surface area contributed by atoms with Gasteiger partial charge in [0.05, 0.1) is 13.7 Å². The van der Waals surface area contributed by atoms with Crippen LogP contribution in [0.4, 0.5) is 0 Å². The minimum atomic E-state index is -0.181. The molecule has 0 radical (unpaired) electrons. The van der Waals surface area contributed by atoms with Gasteiger partial charge in [0.1, 0.15) is 11.4 Å². The fourth-order valence-electron chi connectivity index (χ4n) is 3.37. The molecule has 0 atom stereocenters. The molecule has 2 aromatic heterocycles. The Balaban J connectivity index is 1.53. The van der Waals surface area contributed by atoms with Gasteiger partial charge in [-0.3, -0.25) is 4.79 Å². The average Bonchev–Trinajstić information content (AvgIpc) is 3.27. The molecular formula is C16H19N5O2. The Labute approximate surface area is 134 Å². The van der Waals surface area contributed by atoms with Crippen LogP contribution in [-0.2, 0) is 32.4 Å². The molecule has 1 aliphatic carbocycles. The lowest BCUT2D eigenvalue weighted by atomic mass is 10.1. The number of nitrogens with zero attached hydrogens (tertiary/aromatic N) is 4. The van der Waals surface area contributed by atoms with Crippen molar-refractivity contribution in [1.82, 2.24) is 25.1 Å². The number of carbonyl (C=O) groups excluding carboxylic acids is 1. The van der Waals surface area contributed by atoms with Crippen LogP contribution in [0.3, 0.4) is 0 Å². The molecule has 3 heterocycles. The monoisotopic (exact) mass is 313 g/mol. The minimum absolute atomic E-state index is 0.181. The van der Waals surface area contributed by atoms with Crippen LogP contribution in [0.25, 0.3) is 0 Å². The van der Waals surface area contributed by atoms with E-state index in [0.29, 0.717) is 18.0 Å². The van der Waals surface area contributed by atoms with Crippen molar-refractivity contribution in [1.29, 1.82) is 0 Å². The van der Waals surface area contributed by atoms with E-state index < -0.39 is 0 Å². The van der Waals surface area contributed by atoms with Crippen molar-refractivity contribution in [3.63, 3.8) is 0 Å². The molecule has 0 aromatic carbocycles. The molecule has 0 unspecified atom stereocenters. The van der Waals surface area contributed by atoms with E-state index in [2.05, 4.69) is 25.1 Å². The normalized spacial score (nSPS) is 15.3. The number of pyridine rings is 1. The highest BCUT2D eigenvalue weighted by atomic mass is 16.5. The highest BCUT2D eigenvalue weighted by molar-refractivity contribution is 5.96. The van der Waals surface area contributed by atoms with Gasteiger partial charge in [-0.2, -0.15) is 0 Å². The molecule has 2 aromatic rings. The summed E-state index contributed by atoms with van der Waals surface area (Å²) in [6.07, 6.45) is 5.07. The summed E-state index contributed by atoms with van der Waals surface area (Å²) in [5.74, 6) is 2.03. The minimum Gasteiger partial charge on any atom is -0.480 e. The smallest absolute Gasteiger partial charge is 0.257 e. The Bertz CT molecular complexity index is 768. The van der Waals surface area contributed by atoms with E-state index in [0.717, 1.165) is 61.6 Å². The zero-order chi connectivity index (χ0) is 15.8. The number of ether oxygens (including phenoxy) is 1. The van der Waals surface area contributed by atoms with Crippen molar-refractivity contribution in [2.45, 2.75) is 45.2 Å². The molecule has 0 saturated carbocycles. The number of aryl methyl sites for hydroxylation is 3. The second-order valence-corrected chi connectivity index (χ2v) is 5.97. The fourth-order valence-corrected chi connectivity index (χ4v) is 3.37. The maximum absolute atomic E-state index is 12.5. The summed E-state index contributed by atoms with van der Waals surface area (Å²) >= 11 is 0. The Morgan fingerprint density at radius 2 is 2.22 bits per heavy atom. The maximum atomic E-state index is 12.5. The van der Waals surface area contributed by atoms with E-state index >= 15 is 0 Å². The van der Waals surface area contributed by atoms with Crippen LogP contribution in [0.1, 0.15) is 46.1 Å². The van der Waals surface area contributed by atoms with E-state index in [1.165, 1.54) is 0 Å². The summed E-state index contributed by atoms with van der Waals surface area (Å²) in [5, 5.41) is 11.2. The molecule has 1 amide bonds. The van der Waals surface area contributed by atoms with Gasteiger partial charge in [0, 0.05) is 18.7 Å². The molecule has 0 fully saturated rings. The van der Waals surface area contributed by atoms with Gasteiger partial charge in [-0.1, -0.05) is 0 Å². The van der Waals surface area contributed by atoms with Gasteiger partial charge in [0.25, 0.3) is 5.91 Å². The second kappa shape index (κ2) is 5.64. The van der Waals surface area contributed by atoms with Crippen LogP contribution in [0.5, 0.6) is 5.88 Å². The van der Waals surface area contributed by atoms with Crippen molar-refractivity contribution in [2.75, 3.05) is 7.11 Å². The highest BCUT2D eigenvalue weighted by Gasteiger charge is 2.22. The first-order chi connectivity index (χ1) is 11.3. The van der Waals surface area contributed by atoms with Gasteiger partial charge in [0.15, 0.2) is 5.82 Å². The summed E-state index contributed by atoms with van der Waals surface area (Å²) < 4.78 is 7.38. The van der Waals surface area contributed by atoms with E-state index in [4.69, 9.17) is 4.74 Å². The van der Waals surface area contributed by atoms with Gasteiger partial charge in [-0.25, -0.2) is 4.98 Å². The summed E-state index contributed by atoms with van der Waals surface area (Å²) in [4.78, 5) is 17.0. The lowest BCUT2D eigenvalue weighted by Gasteiger charge is -2.11. The van der Waals surface area contributed by atoms with Gasteiger partial charge in [-0.15, -0.1) is 10.2 Å². The standard InChI is InChI=1S/C16H19N5O2/c1-23-16-11(8-10-4-2-5-12(10)18-16)15(22)17-9-14-20-19-13-6-3-7-21(13)14/h8H,2-7,9H2,1H3,(H,17,22). The number of nitrogens with one attached hydrogen (secondary N) is 1. The van der Waals surface area contributed by atoms with Crippen molar-refractivity contribution < 1.29 is 9.53 Å². The first-order valence-corrected chi connectivity index (χ1v) is 8.02. The first kappa shape index (κ1) is 14.2. The zero-order valence-electron chi connectivity index (χ0n) is 13.1. The topological polar surface area (TPSA) is 81.9 Å². The van der Waals surface area contributed by atoms with Crippen LogP contribution in [0.2, 0.25) is 0 Å². The number of fused-ring (bicyclic) bond motifs is 2. The molecular weight excluding hydrogens is 294 g/mol. The fraction of sp³-hybridized carbons (Fsp3) is 0.500. The Hall–Kier alpha value is -2.44. The Kier molecular flexibility index (Phi) is 3.48. The number of hydrogen-bond acceptors (Lipinski definition) is 5. The third-order valence-corrected chi connectivity index (χ3v) is 4.55. The second-order valence-electron chi connectivity index (χ2n) is 5.97. The molecule has 7 heteroatoms. The largest absolute Gasteiger partial charge is 0.480 e. The molecule has 120 valence electrons. The first-order valence-electron chi connectivity index (χ1n) is 8.02. The van der Waals surface area contributed by atoms with Crippen molar-refractivity contribution in [3.8, 4) is 5.88 Å². The summed E-state index contributed by atoms with van der Waals surface area (Å²) in [5.41, 5.74) is 2.70. The maximum Gasteiger partial charge on any atom is 0.257 e. The number of methoxy groups -OCH3 is 1. The molecule has 4 rings (SSSR count). The highest BCUT2D eigenvalue weighted by Crippen LogP contribution is 2.26. The lowest BCUT2D eigenvalue weighted by molar-refractivity contribution is 0.0945. The lowest BCUT2D eigenvalue weighted by Crippen LogP contribution is -2.25. The Morgan fingerprint density at radius 3 is 3.09 bits per heavy atom. The van der Waals surface area contributed by atoms with Gasteiger partial charge >= 0.3 is 0 Å². The van der Waals surface area contributed by atoms with Crippen LogP contribution in [0.15, 0.2) is 6.07 Å². The molecule has 0 saturated heterocycles. The predicted molar refractivity (Wildman–Crippen MR) is 82.3 cm³/mol. The third kappa shape index (κ3) is 2.46. The summed E-state index contributed by atoms with van der Waals surface area (Å²) in [6.45, 7) is 1.29. The van der Waals surface area contributed by atoms with Crippen molar-refractivity contribution in [2.24, 2.45) is 0 Å². The SMILES string of the molecule is COc1nc2c(cc1C(=O)NCc1nnc3n1CCC3)CCC2. The van der Waals surface area contributed by atoms with Crippen LogP contribution < -0.4 is 10.1 Å². The number of rotatable bonds is 4. The number of carbonyl (C=O) groups is 1. The molecule has 7 nitrogen and oxygen atoms in total. The van der Waals surface area contributed by atoms with Crippen molar-refractivity contribution >= 4 is 5.91 Å². The van der Waals surface area contributed by atoms with E-state index in [1.54, 1.807) is 7.11 Å². The van der Waals surface area contributed by atoms with Gasteiger partial charge in [-0.05, 0) is 37.3 Å². The zero-order valence-corrected chi connectivity index (χ0v) is 13.1. The van der Waals surface area contributed by atoms with E-state index in [-0.39, 0.29) is 5.91 Å². The van der Waals surface area contributed by atoms with Crippen LogP contribution in [0, 0.1) is 0 Å². The molecule has 23 heavy (non-hydrogen) atoms. The third-order valence-electron chi connectivity index (χ3n) is 4.55. The molecule has 0 bridgehead atoms. The number of hydrogen-bond donors (Lipinski definition) is 1. The average molecular weight is 313 g/mol.